The molecule has 1 aliphatic rings. The van der Waals surface area contributed by atoms with Crippen LogP contribution in [0.25, 0.3) is 0 Å². The van der Waals surface area contributed by atoms with E-state index in [4.69, 9.17) is 10.6 Å². The predicted molar refractivity (Wildman–Crippen MR) is 63.1 cm³/mol. The van der Waals surface area contributed by atoms with Gasteiger partial charge in [0.1, 0.15) is 0 Å². The van der Waals surface area contributed by atoms with Crippen molar-refractivity contribution in [3.63, 3.8) is 0 Å². The molecule has 7 nitrogen and oxygen atoms in total. The highest BCUT2D eigenvalue weighted by atomic mass is 16.5. The first-order valence-corrected chi connectivity index (χ1v) is 5.80. The fourth-order valence-corrected chi connectivity index (χ4v) is 2.07. The summed E-state index contributed by atoms with van der Waals surface area (Å²) < 4.78 is 7.43. The molecule has 96 valence electrons. The van der Waals surface area contributed by atoms with Crippen LogP contribution in [-0.2, 0) is 18.2 Å². The van der Waals surface area contributed by atoms with Gasteiger partial charge in [0.2, 0.25) is 0 Å². The van der Waals surface area contributed by atoms with Crippen molar-refractivity contribution in [1.29, 1.82) is 0 Å². The number of ether oxygens (including phenoxy) is 1. The van der Waals surface area contributed by atoms with Gasteiger partial charge in [0, 0.05) is 32.8 Å². The average Bonchev–Trinajstić information content (AvgIpc) is 2.72. The second kappa shape index (κ2) is 5.54. The maximum Gasteiger partial charge on any atom is 0.0872 e. The van der Waals surface area contributed by atoms with Crippen LogP contribution in [0.3, 0.4) is 0 Å². The lowest BCUT2D eigenvalue weighted by atomic mass is 10.0. The molecule has 1 aromatic rings. The lowest BCUT2D eigenvalue weighted by Crippen LogP contribution is -2.54. The summed E-state index contributed by atoms with van der Waals surface area (Å²) in [5.41, 5.74) is 3.74. The van der Waals surface area contributed by atoms with Gasteiger partial charge < -0.3 is 9.64 Å². The molecule has 2 unspecified atom stereocenters. The second-order valence-corrected chi connectivity index (χ2v) is 4.53. The Kier molecular flexibility index (Phi) is 4.06. The number of aryl methyl sites for hydroxylation is 1. The number of nitrogens with two attached hydrogens (primary N) is 1. The quantitative estimate of drug-likeness (QED) is 0.493. The molecule has 17 heavy (non-hydrogen) atoms. The molecule has 2 rings (SSSR count). The van der Waals surface area contributed by atoms with Crippen molar-refractivity contribution in [1.82, 2.24) is 25.3 Å². The Morgan fingerprint density at radius 1 is 1.65 bits per heavy atom. The summed E-state index contributed by atoms with van der Waals surface area (Å²) in [7, 11) is 3.94. The van der Waals surface area contributed by atoms with Crippen LogP contribution in [0.5, 0.6) is 0 Å². The molecule has 1 aromatic heterocycles. The molecule has 1 fully saturated rings. The highest BCUT2D eigenvalue weighted by Gasteiger charge is 2.26. The third-order valence-electron chi connectivity index (χ3n) is 3.04. The third kappa shape index (κ3) is 3.22. The van der Waals surface area contributed by atoms with Crippen molar-refractivity contribution in [2.24, 2.45) is 12.9 Å². The van der Waals surface area contributed by atoms with Gasteiger partial charge in [-0.05, 0) is 7.05 Å². The first-order valence-electron chi connectivity index (χ1n) is 5.80. The second-order valence-electron chi connectivity index (χ2n) is 4.53. The van der Waals surface area contributed by atoms with Crippen LogP contribution in [-0.4, -0.2) is 58.8 Å². The Bertz CT molecular complexity index is 354. The zero-order valence-corrected chi connectivity index (χ0v) is 10.3. The summed E-state index contributed by atoms with van der Waals surface area (Å²) in [4.78, 5) is 2.25. The number of morpholine rings is 1. The molecule has 0 spiro atoms. The Balaban J connectivity index is 1.95. The number of nitrogens with zero attached hydrogens (tertiary/aromatic N) is 4. The molecule has 1 aliphatic heterocycles. The number of nitrogens with one attached hydrogen (secondary N) is 1. The van der Waals surface area contributed by atoms with Crippen LogP contribution >= 0.6 is 0 Å². The van der Waals surface area contributed by atoms with Crippen molar-refractivity contribution in [2.45, 2.75) is 18.6 Å². The zero-order chi connectivity index (χ0) is 12.3. The van der Waals surface area contributed by atoms with Gasteiger partial charge in [-0.2, -0.15) is 0 Å². The molecule has 0 amide bonds. The minimum atomic E-state index is 0.0643. The number of hydrazine groups is 1. The topological polar surface area (TPSA) is 81.2 Å². The standard InChI is InChI=1S/C10H20N6O/c1-15-3-4-17-10(7-15)9(12-11)5-8-6-16(2)14-13-8/h6,9-10,12H,3-5,7,11H2,1-2H3. The Morgan fingerprint density at radius 2 is 2.47 bits per heavy atom. The number of likely N-dealkylation sites (N-methyl/N-ethyl adjacent to an activating group) is 1. The van der Waals surface area contributed by atoms with Crippen LogP contribution < -0.4 is 11.3 Å². The van der Waals surface area contributed by atoms with Gasteiger partial charge in [-0.3, -0.25) is 16.0 Å². The van der Waals surface area contributed by atoms with Gasteiger partial charge in [-0.15, -0.1) is 5.10 Å². The van der Waals surface area contributed by atoms with Crippen LogP contribution in [0.1, 0.15) is 5.69 Å². The fourth-order valence-electron chi connectivity index (χ4n) is 2.07. The van der Waals surface area contributed by atoms with Gasteiger partial charge in [0.15, 0.2) is 0 Å². The summed E-state index contributed by atoms with van der Waals surface area (Å²) in [5, 5.41) is 7.98. The summed E-state index contributed by atoms with van der Waals surface area (Å²) in [5.74, 6) is 5.60. The monoisotopic (exact) mass is 240 g/mol. The lowest BCUT2D eigenvalue weighted by Gasteiger charge is -2.34. The molecule has 3 N–H and O–H groups in total. The highest BCUT2D eigenvalue weighted by molar-refractivity contribution is 4.98. The third-order valence-corrected chi connectivity index (χ3v) is 3.04. The number of aromatic nitrogens is 3. The van der Waals surface area contributed by atoms with E-state index in [0.29, 0.717) is 0 Å². The van der Waals surface area contributed by atoms with Crippen molar-refractivity contribution < 1.29 is 4.74 Å². The molecule has 1 saturated heterocycles. The summed E-state index contributed by atoms with van der Waals surface area (Å²) in [6.45, 7) is 2.61. The fraction of sp³-hybridized carbons (Fsp3) is 0.800. The molecule has 2 atom stereocenters. The van der Waals surface area contributed by atoms with Gasteiger partial charge in [0.25, 0.3) is 0 Å². The SMILES string of the molecule is CN1CCOC(C(Cc2cn(C)nn2)NN)C1. The van der Waals surface area contributed by atoms with E-state index in [0.717, 1.165) is 31.8 Å². The maximum absolute atomic E-state index is 5.74. The molecule has 0 bridgehead atoms. The number of rotatable bonds is 4. The van der Waals surface area contributed by atoms with Crippen LogP contribution in [0.2, 0.25) is 0 Å². The van der Waals surface area contributed by atoms with Crippen LogP contribution in [0.15, 0.2) is 6.20 Å². The highest BCUT2D eigenvalue weighted by Crippen LogP contribution is 2.10. The van der Waals surface area contributed by atoms with Gasteiger partial charge >= 0.3 is 0 Å². The minimum absolute atomic E-state index is 0.0643. The van der Waals surface area contributed by atoms with E-state index < -0.39 is 0 Å². The van der Waals surface area contributed by atoms with Crippen molar-refractivity contribution in [2.75, 3.05) is 26.7 Å². The van der Waals surface area contributed by atoms with E-state index in [-0.39, 0.29) is 12.1 Å². The largest absolute Gasteiger partial charge is 0.374 e. The van der Waals surface area contributed by atoms with Crippen molar-refractivity contribution >= 4 is 0 Å². The molecule has 0 saturated carbocycles. The normalized spacial score (nSPS) is 23.8. The minimum Gasteiger partial charge on any atom is -0.374 e. The van der Waals surface area contributed by atoms with E-state index in [2.05, 4.69) is 27.7 Å². The van der Waals surface area contributed by atoms with E-state index in [1.165, 1.54) is 0 Å². The average molecular weight is 240 g/mol. The lowest BCUT2D eigenvalue weighted by molar-refractivity contribution is -0.0386. The summed E-state index contributed by atoms with van der Waals surface area (Å²) in [6.07, 6.45) is 2.72. The van der Waals surface area contributed by atoms with Crippen molar-refractivity contribution in [3.05, 3.63) is 11.9 Å². The predicted octanol–water partition coefficient (Wildman–Crippen LogP) is -1.48. The zero-order valence-electron chi connectivity index (χ0n) is 10.3. The summed E-state index contributed by atoms with van der Waals surface area (Å²) >= 11 is 0. The molecule has 0 aliphatic carbocycles. The van der Waals surface area contributed by atoms with E-state index in [1.807, 2.05) is 13.2 Å². The van der Waals surface area contributed by atoms with E-state index >= 15 is 0 Å². The smallest absolute Gasteiger partial charge is 0.0872 e. The molecule has 2 heterocycles. The molecule has 0 aromatic carbocycles. The molecular formula is C10H20N6O. The molecular weight excluding hydrogens is 220 g/mol. The number of hydrogen-bond donors (Lipinski definition) is 2. The summed E-state index contributed by atoms with van der Waals surface area (Å²) in [6, 6.07) is 0.0643. The van der Waals surface area contributed by atoms with Crippen molar-refractivity contribution in [3.8, 4) is 0 Å². The molecule has 0 radical (unpaired) electrons. The Hall–Kier alpha value is -1.02. The molecule has 7 heteroatoms. The van der Waals surface area contributed by atoms with Gasteiger partial charge in [-0.25, -0.2) is 0 Å². The first-order chi connectivity index (χ1) is 8.19. The first kappa shape index (κ1) is 12.4. The van der Waals surface area contributed by atoms with E-state index in [9.17, 15) is 0 Å². The maximum atomic E-state index is 5.74. The van der Waals surface area contributed by atoms with Crippen LogP contribution in [0.4, 0.5) is 0 Å². The number of hydrogen-bond acceptors (Lipinski definition) is 6. The van der Waals surface area contributed by atoms with E-state index in [1.54, 1.807) is 4.68 Å². The van der Waals surface area contributed by atoms with Crippen LogP contribution in [0, 0.1) is 0 Å². The Morgan fingerprint density at radius 3 is 3.06 bits per heavy atom. The van der Waals surface area contributed by atoms with Gasteiger partial charge in [0.05, 0.1) is 24.4 Å². The van der Waals surface area contributed by atoms with Gasteiger partial charge in [-0.1, -0.05) is 5.21 Å². The Labute approximate surface area is 101 Å².